The SMILES string of the molecule is CCCN(OCC)C(=O)C1=Cc2sc(CC3CCN(CCOCCOCCOCCOCCOCCOCCOCCOCCOCCOCCC(=O)O)CC3)cc2N=C(N)C1. The Balaban J connectivity index is 1.03. The van der Waals surface area contributed by atoms with E-state index in [9.17, 15) is 9.59 Å². The van der Waals surface area contributed by atoms with Crippen LogP contribution in [0.25, 0.3) is 6.08 Å². The number of ether oxygens (including phenoxy) is 10. The van der Waals surface area contributed by atoms with Crippen molar-refractivity contribution in [2.75, 3.05) is 165 Å². The lowest BCUT2D eigenvalue weighted by atomic mass is 9.93. The zero-order chi connectivity index (χ0) is 44.3. The second-order valence-corrected chi connectivity index (χ2v) is 15.7. The maximum Gasteiger partial charge on any atom is 0.305 e. The number of carbonyl (C=O) groups excluding carboxylic acids is 1. The smallest absolute Gasteiger partial charge is 0.305 e. The number of piperidine rings is 1. The number of nitrogens with zero attached hydrogens (tertiary/aromatic N) is 3. The van der Waals surface area contributed by atoms with Gasteiger partial charge in [-0.05, 0) is 63.8 Å². The van der Waals surface area contributed by atoms with E-state index in [1.807, 2.05) is 19.9 Å². The van der Waals surface area contributed by atoms with Gasteiger partial charge in [-0.3, -0.25) is 14.4 Å². The molecule has 3 heterocycles. The van der Waals surface area contributed by atoms with Crippen molar-refractivity contribution in [3.05, 3.63) is 21.4 Å². The number of thiophene rings is 1. The van der Waals surface area contributed by atoms with Crippen LogP contribution in [-0.2, 0) is 68.2 Å². The molecule has 356 valence electrons. The zero-order valence-electron chi connectivity index (χ0n) is 37.2. The number of carboxylic acid groups (broad SMARTS) is 1. The first kappa shape index (κ1) is 53.7. The Labute approximate surface area is 372 Å². The lowest BCUT2D eigenvalue weighted by molar-refractivity contribution is -0.180. The predicted octanol–water partition coefficient (Wildman–Crippen LogP) is 3.61. The minimum atomic E-state index is -0.876. The number of fused-ring (bicyclic) bond motifs is 1. The standard InChI is InChI=1S/C43H74N4O14S/c1-3-8-47(61-4-2)43(50)37-33-40-39(45-41(44)34-37)35-38(62-40)32-36-5-9-46(10-6-36)11-13-52-15-17-54-19-21-56-23-25-58-27-29-60-31-30-59-28-26-57-24-22-55-20-18-53-16-14-51-12-7-42(48)49/h33,35-36H,3-32,34H2,1-2H3,(H2,44,45)(H,48,49). The van der Waals surface area contributed by atoms with E-state index in [2.05, 4.69) is 16.0 Å². The molecule has 18 nitrogen and oxygen atoms in total. The monoisotopic (exact) mass is 902 g/mol. The van der Waals surface area contributed by atoms with Crippen LogP contribution in [0, 0.1) is 5.92 Å². The van der Waals surface area contributed by atoms with Gasteiger partial charge in [-0.15, -0.1) is 11.3 Å². The fourth-order valence-corrected chi connectivity index (χ4v) is 7.53. The molecule has 1 aromatic rings. The highest BCUT2D eigenvalue weighted by molar-refractivity contribution is 7.13. The number of amidine groups is 1. The molecule has 0 saturated carbocycles. The van der Waals surface area contributed by atoms with Crippen LogP contribution < -0.4 is 5.73 Å². The van der Waals surface area contributed by atoms with E-state index in [0.717, 1.165) is 55.9 Å². The highest BCUT2D eigenvalue weighted by Crippen LogP contribution is 2.37. The fraction of sp³-hybridized carbons (Fsp3) is 0.791. The summed E-state index contributed by atoms with van der Waals surface area (Å²) in [6.45, 7) is 17.4. The van der Waals surface area contributed by atoms with Crippen LogP contribution in [0.1, 0.15) is 55.7 Å². The summed E-state index contributed by atoms with van der Waals surface area (Å²) in [5.74, 6) is 0.0454. The van der Waals surface area contributed by atoms with Gasteiger partial charge in [-0.25, -0.2) is 10.1 Å². The summed E-state index contributed by atoms with van der Waals surface area (Å²) in [5.41, 5.74) is 7.71. The molecule has 1 amide bonds. The van der Waals surface area contributed by atoms with Crippen molar-refractivity contribution >= 4 is 40.8 Å². The van der Waals surface area contributed by atoms with Crippen molar-refractivity contribution < 1.29 is 66.9 Å². The summed E-state index contributed by atoms with van der Waals surface area (Å²) in [5, 5.41) is 9.97. The van der Waals surface area contributed by atoms with Crippen LogP contribution in [0.3, 0.4) is 0 Å². The number of hydroxylamine groups is 2. The Kier molecular flexibility index (Phi) is 30.9. The maximum atomic E-state index is 13.2. The van der Waals surface area contributed by atoms with Gasteiger partial charge < -0.3 is 63.1 Å². The van der Waals surface area contributed by atoms with E-state index in [1.54, 1.807) is 11.3 Å². The van der Waals surface area contributed by atoms with Gasteiger partial charge >= 0.3 is 5.97 Å². The third-order valence-corrected chi connectivity index (χ3v) is 10.6. The van der Waals surface area contributed by atoms with Gasteiger partial charge in [0.25, 0.3) is 5.91 Å². The molecule has 62 heavy (non-hydrogen) atoms. The molecule has 0 spiro atoms. The van der Waals surface area contributed by atoms with Crippen LogP contribution in [0.4, 0.5) is 5.69 Å². The first-order valence-corrected chi connectivity index (χ1v) is 23.0. The number of likely N-dealkylation sites (tertiary alicyclic amines) is 1. The fourth-order valence-electron chi connectivity index (χ4n) is 6.35. The summed E-state index contributed by atoms with van der Waals surface area (Å²) in [6.07, 6.45) is 6.37. The summed E-state index contributed by atoms with van der Waals surface area (Å²) < 4.78 is 54.9. The molecule has 1 saturated heterocycles. The molecule has 0 aromatic carbocycles. The lowest BCUT2D eigenvalue weighted by Gasteiger charge is -2.31. The van der Waals surface area contributed by atoms with Crippen molar-refractivity contribution in [1.29, 1.82) is 0 Å². The average Bonchev–Trinajstić information content (AvgIpc) is 3.55. The molecule has 0 aliphatic carbocycles. The number of carbonyl (C=O) groups is 2. The van der Waals surface area contributed by atoms with Gasteiger partial charge in [0.15, 0.2) is 0 Å². The van der Waals surface area contributed by atoms with Gasteiger partial charge in [0.2, 0.25) is 0 Å². The van der Waals surface area contributed by atoms with Crippen LogP contribution in [-0.4, -0.2) is 198 Å². The lowest BCUT2D eigenvalue weighted by Crippen LogP contribution is -2.36. The molecule has 0 unspecified atom stereocenters. The minimum Gasteiger partial charge on any atom is -0.481 e. The molecule has 0 radical (unpaired) electrons. The van der Waals surface area contributed by atoms with Gasteiger partial charge in [-0.2, -0.15) is 0 Å². The quantitative estimate of drug-likeness (QED) is 0.0714. The Bertz CT molecular complexity index is 1370. The third kappa shape index (κ3) is 25.6. The Hall–Kier alpha value is -2.63. The average molecular weight is 903 g/mol. The number of carboxylic acids is 1. The van der Waals surface area contributed by atoms with Crippen molar-refractivity contribution in [2.24, 2.45) is 16.6 Å². The zero-order valence-corrected chi connectivity index (χ0v) is 38.1. The minimum absolute atomic E-state index is 0.00573. The summed E-state index contributed by atoms with van der Waals surface area (Å²) >= 11 is 1.71. The molecular formula is C43H74N4O14S. The maximum absolute atomic E-state index is 13.2. The normalized spacial score (nSPS) is 14.7. The molecule has 2 aliphatic heterocycles. The van der Waals surface area contributed by atoms with E-state index in [1.165, 1.54) is 9.94 Å². The largest absolute Gasteiger partial charge is 0.481 e. The van der Waals surface area contributed by atoms with Crippen LogP contribution >= 0.6 is 11.3 Å². The number of aliphatic carboxylic acids is 1. The first-order valence-electron chi connectivity index (χ1n) is 22.2. The van der Waals surface area contributed by atoms with E-state index in [0.29, 0.717) is 162 Å². The van der Waals surface area contributed by atoms with Gasteiger partial charge in [0.05, 0.1) is 156 Å². The Morgan fingerprint density at radius 2 is 1.18 bits per heavy atom. The van der Waals surface area contributed by atoms with E-state index >= 15 is 0 Å². The number of hydrogen-bond donors (Lipinski definition) is 2. The molecule has 2 aliphatic rings. The van der Waals surface area contributed by atoms with Crippen molar-refractivity contribution in [1.82, 2.24) is 9.96 Å². The molecule has 1 aromatic heterocycles. The van der Waals surface area contributed by atoms with E-state index in [4.69, 9.17) is 63.0 Å². The highest BCUT2D eigenvalue weighted by Gasteiger charge is 2.25. The molecule has 19 heteroatoms. The summed E-state index contributed by atoms with van der Waals surface area (Å²) in [6, 6.07) is 2.14. The van der Waals surface area contributed by atoms with Gasteiger partial charge in [0, 0.05) is 30.0 Å². The first-order chi connectivity index (χ1) is 30.4. The predicted molar refractivity (Wildman–Crippen MR) is 235 cm³/mol. The Morgan fingerprint density at radius 1 is 0.726 bits per heavy atom. The van der Waals surface area contributed by atoms with Crippen LogP contribution in [0.2, 0.25) is 0 Å². The molecule has 0 bridgehead atoms. The van der Waals surface area contributed by atoms with Gasteiger partial charge in [0.1, 0.15) is 5.84 Å². The highest BCUT2D eigenvalue weighted by atomic mass is 32.1. The van der Waals surface area contributed by atoms with Crippen LogP contribution in [0.5, 0.6) is 0 Å². The number of nitrogens with two attached hydrogens (primary N) is 1. The molecule has 0 atom stereocenters. The molecule has 3 rings (SSSR count). The van der Waals surface area contributed by atoms with Crippen molar-refractivity contribution in [2.45, 2.75) is 52.4 Å². The summed E-state index contributed by atoms with van der Waals surface area (Å²) in [7, 11) is 0. The van der Waals surface area contributed by atoms with Crippen molar-refractivity contribution in [3.63, 3.8) is 0 Å². The third-order valence-electron chi connectivity index (χ3n) is 9.50. The van der Waals surface area contributed by atoms with Crippen LogP contribution in [0.15, 0.2) is 16.6 Å². The van der Waals surface area contributed by atoms with E-state index in [-0.39, 0.29) is 18.9 Å². The Morgan fingerprint density at radius 3 is 1.61 bits per heavy atom. The summed E-state index contributed by atoms with van der Waals surface area (Å²) in [4.78, 5) is 38.6. The van der Waals surface area contributed by atoms with E-state index < -0.39 is 5.97 Å². The second-order valence-electron chi connectivity index (χ2n) is 14.5. The number of aliphatic imine (C=N–C) groups is 1. The second kappa shape index (κ2) is 35.7. The molecule has 1 fully saturated rings. The van der Waals surface area contributed by atoms with Crippen molar-refractivity contribution in [3.8, 4) is 0 Å². The number of hydrogen-bond acceptors (Lipinski definition) is 17. The number of amides is 1. The topological polar surface area (TPSA) is 201 Å². The molecule has 3 N–H and O–H groups in total. The number of rotatable bonds is 40. The molecular weight excluding hydrogens is 829 g/mol. The van der Waals surface area contributed by atoms with Gasteiger partial charge in [-0.1, -0.05) is 6.92 Å².